The largest absolute Gasteiger partial charge is 0.494 e. The molecule has 0 aliphatic carbocycles. The van der Waals surface area contributed by atoms with Crippen LogP contribution in [0, 0.1) is 0 Å². The van der Waals surface area contributed by atoms with Crippen molar-refractivity contribution in [2.45, 2.75) is 18.9 Å². The van der Waals surface area contributed by atoms with E-state index in [2.05, 4.69) is 20.9 Å². The Morgan fingerprint density at radius 3 is 2.36 bits per heavy atom. The van der Waals surface area contributed by atoms with Crippen molar-refractivity contribution in [3.63, 3.8) is 0 Å². The second-order valence-electron chi connectivity index (χ2n) is 6.28. The van der Waals surface area contributed by atoms with E-state index in [0.717, 1.165) is 6.42 Å². The van der Waals surface area contributed by atoms with Crippen LogP contribution >= 0.6 is 15.9 Å². The van der Waals surface area contributed by atoms with Crippen molar-refractivity contribution in [1.29, 1.82) is 0 Å². The molecular weight excluding hydrogens is 428 g/mol. The van der Waals surface area contributed by atoms with E-state index in [1.165, 1.54) is 21.3 Å². The number of rotatable bonds is 6. The monoisotopic (exact) mass is 448 g/mol. The number of aromatic nitrogens is 1. The molecule has 0 spiro atoms. The lowest BCUT2D eigenvalue weighted by Gasteiger charge is -2.24. The molecule has 8 heteroatoms. The first kappa shape index (κ1) is 20.1. The van der Waals surface area contributed by atoms with Crippen LogP contribution in [0.3, 0.4) is 0 Å². The standard InChI is InChI=1S/C20H21BrN2O5/c1-26-15-8-6-12(11-17(15)28-3)20(25)23-10-4-5-14(23)18(24)13-7-9-16(27-2)19(21)22-13/h6-9,11,14H,4-5,10H2,1-3H3. The lowest BCUT2D eigenvalue weighted by molar-refractivity contribution is 0.0669. The predicted molar refractivity (Wildman–Crippen MR) is 106 cm³/mol. The van der Waals surface area contributed by atoms with Gasteiger partial charge in [-0.15, -0.1) is 0 Å². The highest BCUT2D eigenvalue weighted by Crippen LogP contribution is 2.30. The first-order valence-electron chi connectivity index (χ1n) is 8.78. The maximum atomic E-state index is 13.1. The van der Waals surface area contributed by atoms with Crippen LogP contribution in [-0.2, 0) is 0 Å². The summed E-state index contributed by atoms with van der Waals surface area (Å²) >= 11 is 3.30. The van der Waals surface area contributed by atoms with E-state index in [1.807, 2.05) is 0 Å². The molecule has 2 aromatic rings. The van der Waals surface area contributed by atoms with E-state index >= 15 is 0 Å². The highest BCUT2D eigenvalue weighted by Gasteiger charge is 2.36. The number of amides is 1. The van der Waals surface area contributed by atoms with Crippen molar-refractivity contribution in [1.82, 2.24) is 9.88 Å². The van der Waals surface area contributed by atoms with Gasteiger partial charge in [-0.05, 0) is 59.1 Å². The number of carbonyl (C=O) groups excluding carboxylic acids is 2. The predicted octanol–water partition coefficient (Wildman–Crippen LogP) is 3.36. The summed E-state index contributed by atoms with van der Waals surface area (Å²) in [6, 6.07) is 7.73. The maximum absolute atomic E-state index is 13.1. The first-order valence-corrected chi connectivity index (χ1v) is 9.57. The molecule has 0 bridgehead atoms. The number of benzene rings is 1. The molecule has 1 unspecified atom stereocenters. The van der Waals surface area contributed by atoms with Gasteiger partial charge in [-0.2, -0.15) is 0 Å². The van der Waals surface area contributed by atoms with Gasteiger partial charge in [0.1, 0.15) is 10.3 Å². The Labute approximate surface area is 171 Å². The van der Waals surface area contributed by atoms with Crippen molar-refractivity contribution >= 4 is 27.6 Å². The van der Waals surface area contributed by atoms with Gasteiger partial charge in [0.25, 0.3) is 5.91 Å². The molecule has 28 heavy (non-hydrogen) atoms. The zero-order chi connectivity index (χ0) is 20.3. The Morgan fingerprint density at radius 1 is 1.04 bits per heavy atom. The van der Waals surface area contributed by atoms with Crippen molar-refractivity contribution < 1.29 is 23.8 Å². The molecule has 1 fully saturated rings. The Morgan fingerprint density at radius 2 is 1.71 bits per heavy atom. The van der Waals surface area contributed by atoms with Crippen LogP contribution in [0.1, 0.15) is 33.7 Å². The second kappa shape index (κ2) is 8.60. The Kier molecular flexibility index (Phi) is 6.18. The van der Waals surface area contributed by atoms with Crippen molar-refractivity contribution in [2.24, 2.45) is 0 Å². The molecule has 1 saturated heterocycles. The van der Waals surface area contributed by atoms with Crippen molar-refractivity contribution in [3.05, 3.63) is 46.2 Å². The number of carbonyl (C=O) groups is 2. The summed E-state index contributed by atoms with van der Waals surface area (Å²) in [5, 5.41) is 0. The molecule has 1 aromatic carbocycles. The summed E-state index contributed by atoms with van der Waals surface area (Å²) in [7, 11) is 4.58. The summed E-state index contributed by atoms with van der Waals surface area (Å²) < 4.78 is 16.1. The highest BCUT2D eigenvalue weighted by molar-refractivity contribution is 9.10. The molecule has 3 rings (SSSR count). The molecule has 1 atom stereocenters. The fourth-order valence-electron chi connectivity index (χ4n) is 3.30. The molecule has 148 valence electrons. The smallest absolute Gasteiger partial charge is 0.254 e. The molecule has 0 saturated carbocycles. The molecule has 0 N–H and O–H groups in total. The number of Topliss-reactive ketones (excluding diaryl/α,β-unsaturated/α-hetero) is 1. The average Bonchev–Trinajstić information content (AvgIpc) is 3.21. The third-order valence-electron chi connectivity index (χ3n) is 4.73. The molecule has 1 aromatic heterocycles. The Balaban J connectivity index is 1.85. The Bertz CT molecular complexity index is 902. The Hall–Kier alpha value is -2.61. The maximum Gasteiger partial charge on any atom is 0.254 e. The molecule has 1 amide bonds. The van der Waals surface area contributed by atoms with Gasteiger partial charge in [-0.3, -0.25) is 9.59 Å². The SMILES string of the molecule is COc1ccc(C(=O)N2CCCC2C(=O)c2ccc(OC)c(Br)n2)cc1OC. The van der Waals surface area contributed by atoms with E-state index in [4.69, 9.17) is 14.2 Å². The molecule has 7 nitrogen and oxygen atoms in total. The van der Waals surface area contributed by atoms with Crippen LogP contribution in [-0.4, -0.2) is 55.5 Å². The number of ketones is 1. The van der Waals surface area contributed by atoms with Gasteiger partial charge in [0, 0.05) is 12.1 Å². The lowest BCUT2D eigenvalue weighted by Crippen LogP contribution is -2.40. The number of nitrogens with zero attached hydrogens (tertiary/aromatic N) is 2. The molecule has 2 heterocycles. The van der Waals surface area contributed by atoms with Gasteiger partial charge in [0.05, 0.1) is 27.4 Å². The second-order valence-corrected chi connectivity index (χ2v) is 7.03. The third-order valence-corrected chi connectivity index (χ3v) is 5.30. The van der Waals surface area contributed by atoms with Gasteiger partial charge >= 0.3 is 0 Å². The van der Waals surface area contributed by atoms with Crippen LogP contribution in [0.4, 0.5) is 0 Å². The van der Waals surface area contributed by atoms with Crippen LogP contribution in [0.2, 0.25) is 0 Å². The summed E-state index contributed by atoms with van der Waals surface area (Å²) in [6.07, 6.45) is 1.36. The quantitative estimate of drug-likeness (QED) is 0.497. The number of hydrogen-bond donors (Lipinski definition) is 0. The van der Waals surface area contributed by atoms with E-state index in [9.17, 15) is 9.59 Å². The normalized spacial score (nSPS) is 16.0. The first-order chi connectivity index (χ1) is 13.5. The fraction of sp³-hybridized carbons (Fsp3) is 0.350. The number of pyridine rings is 1. The summed E-state index contributed by atoms with van der Waals surface area (Å²) in [5.74, 6) is 1.15. The van der Waals surface area contributed by atoms with Gasteiger partial charge in [0.2, 0.25) is 5.78 Å². The number of ether oxygens (including phenoxy) is 3. The van der Waals surface area contributed by atoms with Gasteiger partial charge in [-0.25, -0.2) is 4.98 Å². The summed E-state index contributed by atoms with van der Waals surface area (Å²) in [5.41, 5.74) is 0.742. The summed E-state index contributed by atoms with van der Waals surface area (Å²) in [4.78, 5) is 31.9. The van der Waals surface area contributed by atoms with E-state index in [0.29, 0.717) is 46.1 Å². The van der Waals surface area contributed by atoms with E-state index in [1.54, 1.807) is 35.2 Å². The molecule has 0 radical (unpaired) electrons. The number of hydrogen-bond acceptors (Lipinski definition) is 6. The van der Waals surface area contributed by atoms with Crippen LogP contribution < -0.4 is 14.2 Å². The topological polar surface area (TPSA) is 78.0 Å². The van der Waals surface area contributed by atoms with Crippen molar-refractivity contribution in [2.75, 3.05) is 27.9 Å². The third kappa shape index (κ3) is 3.82. The van der Waals surface area contributed by atoms with Crippen LogP contribution in [0.25, 0.3) is 0 Å². The van der Waals surface area contributed by atoms with E-state index in [-0.39, 0.29) is 11.7 Å². The van der Waals surface area contributed by atoms with Crippen LogP contribution in [0.15, 0.2) is 34.9 Å². The average molecular weight is 449 g/mol. The fourth-order valence-corrected chi connectivity index (χ4v) is 3.78. The summed E-state index contributed by atoms with van der Waals surface area (Å²) in [6.45, 7) is 0.515. The van der Waals surface area contributed by atoms with Crippen LogP contribution in [0.5, 0.6) is 17.2 Å². The molecule has 1 aliphatic rings. The number of halogens is 1. The van der Waals surface area contributed by atoms with Gasteiger partial charge < -0.3 is 19.1 Å². The zero-order valence-corrected chi connectivity index (χ0v) is 17.5. The number of methoxy groups -OCH3 is 3. The minimum atomic E-state index is -0.548. The molecular formula is C20H21BrN2O5. The van der Waals surface area contributed by atoms with Gasteiger partial charge in [-0.1, -0.05) is 0 Å². The molecule has 1 aliphatic heterocycles. The zero-order valence-electron chi connectivity index (χ0n) is 15.9. The van der Waals surface area contributed by atoms with Crippen molar-refractivity contribution in [3.8, 4) is 17.2 Å². The highest BCUT2D eigenvalue weighted by atomic mass is 79.9. The number of likely N-dealkylation sites (tertiary alicyclic amines) is 1. The minimum absolute atomic E-state index is 0.185. The minimum Gasteiger partial charge on any atom is -0.494 e. The lowest BCUT2D eigenvalue weighted by atomic mass is 10.1. The van der Waals surface area contributed by atoms with Gasteiger partial charge in [0.15, 0.2) is 17.2 Å². The van der Waals surface area contributed by atoms with E-state index < -0.39 is 6.04 Å².